The first-order chi connectivity index (χ1) is 24.8. The Morgan fingerprint density at radius 3 is 1.56 bits per heavy atom. The highest BCUT2D eigenvalue weighted by molar-refractivity contribution is 6.24. The van der Waals surface area contributed by atoms with E-state index in [0.717, 1.165) is 71.9 Å². The van der Waals surface area contributed by atoms with Crippen molar-refractivity contribution in [3.05, 3.63) is 170 Å². The average Bonchev–Trinajstić information content (AvgIpc) is 3.75. The van der Waals surface area contributed by atoms with Gasteiger partial charge in [0.25, 0.3) is 0 Å². The van der Waals surface area contributed by atoms with Gasteiger partial charge in [0.15, 0.2) is 23.1 Å². The van der Waals surface area contributed by atoms with Crippen molar-refractivity contribution in [1.82, 2.24) is 19.5 Å². The molecule has 0 bridgehead atoms. The summed E-state index contributed by atoms with van der Waals surface area (Å²) in [6.45, 7) is 0. The van der Waals surface area contributed by atoms with Crippen LogP contribution in [0.2, 0.25) is 0 Å². The van der Waals surface area contributed by atoms with Gasteiger partial charge in [0.05, 0.1) is 16.6 Å². The van der Waals surface area contributed by atoms with E-state index in [4.69, 9.17) is 19.4 Å². The summed E-state index contributed by atoms with van der Waals surface area (Å²) in [5.41, 5.74) is 9.64. The normalized spacial score (nSPS) is 11.6. The molecular weight excluding hydrogens is 613 g/mol. The molecule has 0 radical (unpaired) electrons. The lowest BCUT2D eigenvalue weighted by atomic mass is 9.96. The second kappa shape index (κ2) is 11.4. The van der Waals surface area contributed by atoms with E-state index in [9.17, 15) is 0 Å². The lowest BCUT2D eigenvalue weighted by molar-refractivity contribution is 0.671. The van der Waals surface area contributed by atoms with E-state index >= 15 is 0 Å². The van der Waals surface area contributed by atoms with Crippen LogP contribution in [0.5, 0.6) is 0 Å². The number of aromatic nitrogens is 4. The van der Waals surface area contributed by atoms with Crippen molar-refractivity contribution in [3.8, 4) is 51.0 Å². The van der Waals surface area contributed by atoms with Crippen LogP contribution in [-0.4, -0.2) is 19.5 Å². The number of benzene rings is 7. The second-order valence-electron chi connectivity index (χ2n) is 12.4. The number of rotatable bonds is 5. The van der Waals surface area contributed by atoms with Gasteiger partial charge < -0.3 is 8.98 Å². The third-order valence-electron chi connectivity index (χ3n) is 9.46. The fraction of sp³-hybridized carbons (Fsp3) is 0. The minimum atomic E-state index is 0.557. The Kier molecular flexibility index (Phi) is 6.42. The zero-order valence-electron chi connectivity index (χ0n) is 26.9. The third-order valence-corrected chi connectivity index (χ3v) is 9.46. The molecule has 0 atom stereocenters. The topological polar surface area (TPSA) is 56.7 Å². The highest BCUT2D eigenvalue weighted by atomic mass is 16.3. The highest BCUT2D eigenvalue weighted by Crippen LogP contribution is 2.45. The summed E-state index contributed by atoms with van der Waals surface area (Å²) in [6.07, 6.45) is 0. The van der Waals surface area contributed by atoms with Crippen LogP contribution in [0.1, 0.15) is 0 Å². The van der Waals surface area contributed by atoms with Crippen molar-refractivity contribution in [2.75, 3.05) is 0 Å². The van der Waals surface area contributed by atoms with Gasteiger partial charge in [-0.1, -0.05) is 140 Å². The van der Waals surface area contributed by atoms with Gasteiger partial charge in [-0.15, -0.1) is 0 Å². The molecule has 0 fully saturated rings. The standard InChI is InChI=1S/C45H28N4O/c1-5-15-29(16-6-1)33-25-28-37(45-47-43(30-17-7-2-8-18-30)46-44(48-45)31-19-9-3-10-20-31)41-39(33)36-27-26-35-34-23-13-14-24-38(34)49(40(35)42(36)50-41)32-21-11-4-12-22-32/h1-28H. The Morgan fingerprint density at radius 2 is 0.900 bits per heavy atom. The molecule has 0 amide bonds. The molecule has 0 aliphatic heterocycles. The summed E-state index contributed by atoms with van der Waals surface area (Å²) in [4.78, 5) is 15.1. The zero-order valence-corrected chi connectivity index (χ0v) is 26.9. The lowest BCUT2D eigenvalue weighted by Crippen LogP contribution is -2.00. The van der Waals surface area contributed by atoms with Crippen LogP contribution in [0.3, 0.4) is 0 Å². The molecule has 3 heterocycles. The summed E-state index contributed by atoms with van der Waals surface area (Å²) in [5.74, 6) is 1.77. The molecule has 5 heteroatoms. The first-order valence-corrected chi connectivity index (χ1v) is 16.7. The van der Waals surface area contributed by atoms with Gasteiger partial charge in [0, 0.05) is 38.4 Å². The molecule has 0 spiro atoms. The van der Waals surface area contributed by atoms with Gasteiger partial charge in [-0.25, -0.2) is 15.0 Å². The molecular formula is C45H28N4O. The van der Waals surface area contributed by atoms with Crippen LogP contribution in [0.4, 0.5) is 0 Å². The van der Waals surface area contributed by atoms with Crippen molar-refractivity contribution in [2.24, 2.45) is 0 Å². The fourth-order valence-corrected chi connectivity index (χ4v) is 7.19. The van der Waals surface area contributed by atoms with Gasteiger partial charge in [0.1, 0.15) is 5.58 Å². The summed E-state index contributed by atoms with van der Waals surface area (Å²) in [7, 11) is 0. The molecule has 0 aliphatic rings. The minimum absolute atomic E-state index is 0.557. The van der Waals surface area contributed by atoms with E-state index < -0.39 is 0 Å². The predicted molar refractivity (Wildman–Crippen MR) is 203 cm³/mol. The van der Waals surface area contributed by atoms with Gasteiger partial charge in [-0.3, -0.25) is 0 Å². The monoisotopic (exact) mass is 640 g/mol. The molecule has 234 valence electrons. The third kappa shape index (κ3) is 4.45. The van der Waals surface area contributed by atoms with E-state index in [1.165, 1.54) is 5.39 Å². The Bertz CT molecular complexity index is 2780. The van der Waals surface area contributed by atoms with E-state index in [2.05, 4.69) is 108 Å². The summed E-state index contributed by atoms with van der Waals surface area (Å²) < 4.78 is 9.50. The number of furan rings is 1. The number of nitrogens with zero attached hydrogens (tertiary/aromatic N) is 4. The fourth-order valence-electron chi connectivity index (χ4n) is 7.19. The highest BCUT2D eigenvalue weighted by Gasteiger charge is 2.24. The molecule has 0 N–H and O–H groups in total. The first-order valence-electron chi connectivity index (χ1n) is 16.7. The minimum Gasteiger partial charge on any atom is -0.453 e. The predicted octanol–water partition coefficient (Wildman–Crippen LogP) is 11.5. The Morgan fingerprint density at radius 1 is 0.380 bits per heavy atom. The van der Waals surface area contributed by atoms with Gasteiger partial charge in [-0.2, -0.15) is 0 Å². The molecule has 0 saturated carbocycles. The Labute approximate surface area is 287 Å². The van der Waals surface area contributed by atoms with Crippen LogP contribution in [0.25, 0.3) is 94.7 Å². The maximum absolute atomic E-state index is 7.18. The molecule has 0 saturated heterocycles. The molecule has 3 aromatic heterocycles. The zero-order chi connectivity index (χ0) is 33.0. The smallest absolute Gasteiger partial charge is 0.167 e. The average molecular weight is 641 g/mol. The van der Waals surface area contributed by atoms with E-state index in [1.54, 1.807) is 0 Å². The number of hydrogen-bond donors (Lipinski definition) is 0. The first kappa shape index (κ1) is 28.2. The van der Waals surface area contributed by atoms with Crippen molar-refractivity contribution >= 4 is 43.7 Å². The van der Waals surface area contributed by atoms with Gasteiger partial charge >= 0.3 is 0 Å². The van der Waals surface area contributed by atoms with Crippen LogP contribution < -0.4 is 0 Å². The molecule has 7 aromatic carbocycles. The molecule has 0 unspecified atom stereocenters. The number of fused-ring (bicyclic) bond motifs is 7. The lowest BCUT2D eigenvalue weighted by Gasteiger charge is -2.10. The molecule has 5 nitrogen and oxygen atoms in total. The van der Waals surface area contributed by atoms with Crippen LogP contribution in [0, 0.1) is 0 Å². The summed E-state index contributed by atoms with van der Waals surface area (Å²) in [5, 5.41) is 4.37. The second-order valence-corrected chi connectivity index (χ2v) is 12.4. The van der Waals surface area contributed by atoms with Gasteiger partial charge in [-0.05, 0) is 41.5 Å². The largest absolute Gasteiger partial charge is 0.453 e. The maximum Gasteiger partial charge on any atom is 0.167 e. The summed E-state index contributed by atoms with van der Waals surface area (Å²) in [6, 6.07) is 58.4. The van der Waals surface area contributed by atoms with Crippen molar-refractivity contribution < 1.29 is 4.42 Å². The van der Waals surface area contributed by atoms with Crippen LogP contribution in [0.15, 0.2) is 174 Å². The SMILES string of the molecule is c1ccc(-c2nc(-c3ccccc3)nc(-c3ccc(-c4ccccc4)c4c3oc3c4ccc4c5ccccc5n(-c5ccccc5)c43)n2)cc1. The van der Waals surface area contributed by atoms with Crippen molar-refractivity contribution in [3.63, 3.8) is 0 Å². The maximum atomic E-state index is 7.18. The van der Waals surface area contributed by atoms with Gasteiger partial charge in [0.2, 0.25) is 0 Å². The van der Waals surface area contributed by atoms with E-state index in [-0.39, 0.29) is 0 Å². The molecule has 10 rings (SSSR count). The van der Waals surface area contributed by atoms with Crippen LogP contribution >= 0.6 is 0 Å². The molecule has 10 aromatic rings. The van der Waals surface area contributed by atoms with Crippen molar-refractivity contribution in [2.45, 2.75) is 0 Å². The van der Waals surface area contributed by atoms with Crippen molar-refractivity contribution in [1.29, 1.82) is 0 Å². The Balaban J connectivity index is 1.34. The van der Waals surface area contributed by atoms with E-state index in [0.29, 0.717) is 17.5 Å². The summed E-state index contributed by atoms with van der Waals surface area (Å²) >= 11 is 0. The molecule has 50 heavy (non-hydrogen) atoms. The quantitative estimate of drug-likeness (QED) is 0.188. The van der Waals surface area contributed by atoms with E-state index in [1.807, 2.05) is 66.7 Å². The Hall–Kier alpha value is -6.85. The number of para-hydroxylation sites is 2. The van der Waals surface area contributed by atoms with Crippen LogP contribution in [-0.2, 0) is 0 Å². The number of hydrogen-bond acceptors (Lipinski definition) is 4. The molecule has 0 aliphatic carbocycles.